The summed E-state index contributed by atoms with van der Waals surface area (Å²) in [6.45, 7) is 2.27. The highest BCUT2D eigenvalue weighted by Crippen LogP contribution is 2.34. The molecule has 0 spiro atoms. The molecular weight excluding hydrogens is 283 g/mol. The number of rotatable bonds is 4. The Labute approximate surface area is 120 Å². The molecular formula is C15H14F3NO2. The van der Waals surface area contributed by atoms with E-state index >= 15 is 0 Å². The first-order valence-corrected chi connectivity index (χ1v) is 6.27. The van der Waals surface area contributed by atoms with Gasteiger partial charge in [0.1, 0.15) is 17.2 Å². The second-order valence-electron chi connectivity index (χ2n) is 4.30. The number of halogens is 3. The first-order chi connectivity index (χ1) is 9.88. The molecule has 21 heavy (non-hydrogen) atoms. The molecule has 2 N–H and O–H groups in total. The van der Waals surface area contributed by atoms with E-state index in [-0.39, 0.29) is 5.75 Å². The lowest BCUT2D eigenvalue weighted by atomic mass is 10.2. The number of alkyl halides is 3. The predicted molar refractivity (Wildman–Crippen MR) is 73.5 cm³/mol. The Morgan fingerprint density at radius 3 is 2.38 bits per heavy atom. The topological polar surface area (TPSA) is 44.5 Å². The minimum atomic E-state index is -4.41. The summed E-state index contributed by atoms with van der Waals surface area (Å²) in [6.07, 6.45) is -4.41. The van der Waals surface area contributed by atoms with Crippen molar-refractivity contribution in [3.8, 4) is 17.2 Å². The van der Waals surface area contributed by atoms with E-state index < -0.39 is 11.7 Å². The molecule has 0 bridgehead atoms. The van der Waals surface area contributed by atoms with E-state index in [4.69, 9.17) is 15.2 Å². The average Bonchev–Trinajstić information content (AvgIpc) is 2.37. The Kier molecular flexibility index (Phi) is 4.26. The van der Waals surface area contributed by atoms with Crippen LogP contribution < -0.4 is 15.2 Å². The SMILES string of the molecule is CCOc1cc(N)cc(Oc2cccc(C(F)(F)F)c2)c1. The van der Waals surface area contributed by atoms with E-state index in [1.807, 2.05) is 6.92 Å². The fraction of sp³-hybridized carbons (Fsp3) is 0.200. The highest BCUT2D eigenvalue weighted by molar-refractivity contribution is 5.51. The summed E-state index contributed by atoms with van der Waals surface area (Å²) in [5.74, 6) is 0.898. The van der Waals surface area contributed by atoms with Crippen molar-refractivity contribution in [1.82, 2.24) is 0 Å². The summed E-state index contributed by atoms with van der Waals surface area (Å²) in [7, 11) is 0. The summed E-state index contributed by atoms with van der Waals surface area (Å²) in [4.78, 5) is 0. The van der Waals surface area contributed by atoms with Crippen LogP contribution in [0.25, 0.3) is 0 Å². The van der Waals surface area contributed by atoms with Gasteiger partial charge in [-0.2, -0.15) is 13.2 Å². The van der Waals surface area contributed by atoms with Gasteiger partial charge in [0.15, 0.2) is 0 Å². The predicted octanol–water partition coefficient (Wildman–Crippen LogP) is 4.48. The van der Waals surface area contributed by atoms with Crippen LogP contribution in [0.1, 0.15) is 12.5 Å². The second kappa shape index (κ2) is 5.95. The van der Waals surface area contributed by atoms with Gasteiger partial charge in [-0.25, -0.2) is 0 Å². The van der Waals surface area contributed by atoms with E-state index in [2.05, 4.69) is 0 Å². The monoisotopic (exact) mass is 297 g/mol. The summed E-state index contributed by atoms with van der Waals surface area (Å²) >= 11 is 0. The normalized spacial score (nSPS) is 11.2. The fourth-order valence-electron chi connectivity index (χ4n) is 1.77. The van der Waals surface area contributed by atoms with Crippen molar-refractivity contribution >= 4 is 5.69 Å². The van der Waals surface area contributed by atoms with E-state index in [9.17, 15) is 13.2 Å². The van der Waals surface area contributed by atoms with Crippen LogP contribution in [0.5, 0.6) is 17.2 Å². The highest BCUT2D eigenvalue weighted by Gasteiger charge is 2.30. The first-order valence-electron chi connectivity index (χ1n) is 6.27. The van der Waals surface area contributed by atoms with Crippen LogP contribution in [0.3, 0.4) is 0 Å². The Morgan fingerprint density at radius 1 is 1.00 bits per heavy atom. The lowest BCUT2D eigenvalue weighted by molar-refractivity contribution is -0.137. The maximum atomic E-state index is 12.6. The van der Waals surface area contributed by atoms with Crippen LogP contribution in [0.15, 0.2) is 42.5 Å². The molecule has 0 unspecified atom stereocenters. The van der Waals surface area contributed by atoms with Crippen molar-refractivity contribution in [3.05, 3.63) is 48.0 Å². The standard InChI is InChI=1S/C15H14F3NO2/c1-2-20-13-7-11(19)8-14(9-13)21-12-5-3-4-10(6-12)15(16,17)18/h3-9H,2,19H2,1H3. The number of benzene rings is 2. The summed E-state index contributed by atoms with van der Waals surface area (Å²) in [6, 6.07) is 9.35. The number of ether oxygens (including phenoxy) is 2. The van der Waals surface area contributed by atoms with Crippen LogP contribution in [-0.2, 0) is 6.18 Å². The van der Waals surface area contributed by atoms with Crippen molar-refractivity contribution in [2.24, 2.45) is 0 Å². The van der Waals surface area contributed by atoms with Gasteiger partial charge in [-0.3, -0.25) is 0 Å². The molecule has 0 heterocycles. The summed E-state index contributed by atoms with van der Waals surface area (Å²) in [5, 5.41) is 0. The third-order valence-electron chi connectivity index (χ3n) is 2.61. The van der Waals surface area contributed by atoms with E-state index in [0.29, 0.717) is 23.8 Å². The van der Waals surface area contributed by atoms with Crippen LogP contribution >= 0.6 is 0 Å². The number of nitrogens with two attached hydrogens (primary N) is 1. The molecule has 0 fully saturated rings. The van der Waals surface area contributed by atoms with Crippen LogP contribution in [0.4, 0.5) is 18.9 Å². The van der Waals surface area contributed by atoms with Gasteiger partial charge in [-0.15, -0.1) is 0 Å². The zero-order valence-corrected chi connectivity index (χ0v) is 11.3. The van der Waals surface area contributed by atoms with Crippen molar-refractivity contribution in [3.63, 3.8) is 0 Å². The molecule has 0 aromatic heterocycles. The van der Waals surface area contributed by atoms with Crippen molar-refractivity contribution in [1.29, 1.82) is 0 Å². The lowest BCUT2D eigenvalue weighted by Crippen LogP contribution is -2.04. The maximum Gasteiger partial charge on any atom is 0.416 e. The molecule has 6 heteroatoms. The molecule has 0 aliphatic rings. The highest BCUT2D eigenvalue weighted by atomic mass is 19.4. The zero-order valence-electron chi connectivity index (χ0n) is 11.3. The van der Waals surface area contributed by atoms with Gasteiger partial charge in [0, 0.05) is 23.9 Å². The van der Waals surface area contributed by atoms with Gasteiger partial charge < -0.3 is 15.2 Å². The molecule has 2 aromatic rings. The Bertz CT molecular complexity index is 627. The second-order valence-corrected chi connectivity index (χ2v) is 4.30. The number of hydrogen-bond donors (Lipinski definition) is 1. The smallest absolute Gasteiger partial charge is 0.416 e. The number of anilines is 1. The van der Waals surface area contributed by atoms with Crippen molar-refractivity contribution < 1.29 is 22.6 Å². The quantitative estimate of drug-likeness (QED) is 0.846. The maximum absolute atomic E-state index is 12.6. The van der Waals surface area contributed by atoms with Gasteiger partial charge in [0.2, 0.25) is 0 Å². The third kappa shape index (κ3) is 4.05. The summed E-state index contributed by atoms with van der Waals surface area (Å²) < 4.78 is 48.6. The first kappa shape index (κ1) is 15.0. The van der Waals surface area contributed by atoms with Crippen LogP contribution in [-0.4, -0.2) is 6.61 Å². The average molecular weight is 297 g/mol. The largest absolute Gasteiger partial charge is 0.494 e. The van der Waals surface area contributed by atoms with Gasteiger partial charge in [0.25, 0.3) is 0 Å². The van der Waals surface area contributed by atoms with E-state index in [1.54, 1.807) is 12.1 Å². The van der Waals surface area contributed by atoms with Crippen LogP contribution in [0.2, 0.25) is 0 Å². The van der Waals surface area contributed by atoms with E-state index in [0.717, 1.165) is 12.1 Å². The molecule has 0 atom stereocenters. The van der Waals surface area contributed by atoms with E-state index in [1.165, 1.54) is 18.2 Å². The molecule has 0 aliphatic carbocycles. The minimum Gasteiger partial charge on any atom is -0.494 e. The number of nitrogen functional groups attached to an aromatic ring is 1. The van der Waals surface area contributed by atoms with Gasteiger partial charge in [0.05, 0.1) is 12.2 Å². The van der Waals surface area contributed by atoms with Crippen molar-refractivity contribution in [2.45, 2.75) is 13.1 Å². The van der Waals surface area contributed by atoms with Gasteiger partial charge in [-0.1, -0.05) is 6.07 Å². The third-order valence-corrected chi connectivity index (χ3v) is 2.61. The Morgan fingerprint density at radius 2 is 1.71 bits per heavy atom. The van der Waals surface area contributed by atoms with Crippen LogP contribution in [0, 0.1) is 0 Å². The van der Waals surface area contributed by atoms with Gasteiger partial charge in [-0.05, 0) is 25.1 Å². The molecule has 0 saturated heterocycles. The molecule has 0 amide bonds. The molecule has 2 aromatic carbocycles. The summed E-state index contributed by atoms with van der Waals surface area (Å²) in [5.41, 5.74) is 5.34. The van der Waals surface area contributed by atoms with Gasteiger partial charge >= 0.3 is 6.18 Å². The molecule has 0 radical (unpaired) electrons. The minimum absolute atomic E-state index is 0.0814. The molecule has 0 saturated carbocycles. The Balaban J connectivity index is 2.26. The fourth-order valence-corrected chi connectivity index (χ4v) is 1.77. The molecule has 112 valence electrons. The molecule has 0 aliphatic heterocycles. The Hall–Kier alpha value is -2.37. The molecule has 2 rings (SSSR count). The van der Waals surface area contributed by atoms with Crippen molar-refractivity contribution in [2.75, 3.05) is 12.3 Å². The molecule has 3 nitrogen and oxygen atoms in total. The lowest BCUT2D eigenvalue weighted by Gasteiger charge is -2.11. The number of hydrogen-bond acceptors (Lipinski definition) is 3. The zero-order chi connectivity index (χ0) is 15.5.